The molecule has 2 fully saturated rings. The normalized spacial score (nSPS) is 21.9. The molecule has 0 spiro atoms. The number of carbonyl (C=O) groups is 1. The zero-order valence-corrected chi connectivity index (χ0v) is 19.6. The molecule has 1 unspecified atom stereocenters. The van der Waals surface area contributed by atoms with E-state index >= 15 is 4.39 Å². The molecule has 0 aromatic heterocycles. The molecule has 2 aliphatic rings. The van der Waals surface area contributed by atoms with E-state index in [4.69, 9.17) is 0 Å². The summed E-state index contributed by atoms with van der Waals surface area (Å²) in [6, 6.07) is 11.8. The van der Waals surface area contributed by atoms with E-state index in [0.717, 1.165) is 25.9 Å². The summed E-state index contributed by atoms with van der Waals surface area (Å²) >= 11 is 0. The first-order valence-corrected chi connectivity index (χ1v) is 13.1. The highest BCUT2D eigenvalue weighted by Gasteiger charge is 2.33. The average molecular weight is 459 g/mol. The van der Waals surface area contributed by atoms with Gasteiger partial charge in [-0.25, -0.2) is 12.8 Å². The first kappa shape index (κ1) is 22.9. The molecular formula is C25H31FN2O3S. The van der Waals surface area contributed by atoms with Gasteiger partial charge in [-0.2, -0.15) is 0 Å². The van der Waals surface area contributed by atoms with Crippen molar-refractivity contribution >= 4 is 15.7 Å². The Morgan fingerprint density at radius 2 is 1.72 bits per heavy atom. The number of benzene rings is 2. The van der Waals surface area contributed by atoms with Gasteiger partial charge in [0.15, 0.2) is 9.84 Å². The van der Waals surface area contributed by atoms with Gasteiger partial charge < -0.3 is 4.90 Å². The monoisotopic (exact) mass is 458 g/mol. The highest BCUT2D eigenvalue weighted by molar-refractivity contribution is 7.91. The lowest BCUT2D eigenvalue weighted by molar-refractivity contribution is 0.0692. The average Bonchev–Trinajstić information content (AvgIpc) is 3.42. The number of nitrogens with zero attached hydrogens (tertiary/aromatic N) is 2. The van der Waals surface area contributed by atoms with Crippen molar-refractivity contribution in [1.82, 2.24) is 9.80 Å². The van der Waals surface area contributed by atoms with Crippen LogP contribution in [-0.2, 0) is 9.84 Å². The number of carbonyl (C=O) groups excluding carboxylic acids is 1. The topological polar surface area (TPSA) is 57.7 Å². The predicted octanol–water partition coefficient (Wildman–Crippen LogP) is 4.38. The quantitative estimate of drug-likeness (QED) is 0.645. The first-order valence-electron chi connectivity index (χ1n) is 11.5. The third-order valence-electron chi connectivity index (χ3n) is 6.90. The van der Waals surface area contributed by atoms with Gasteiger partial charge in [0.05, 0.1) is 16.2 Å². The highest BCUT2D eigenvalue weighted by atomic mass is 32.2. The number of halogens is 1. The zero-order valence-electron chi connectivity index (χ0n) is 18.8. The third-order valence-corrected chi connectivity index (χ3v) is 8.65. The number of likely N-dealkylation sites (tertiary alicyclic amines) is 2. The van der Waals surface area contributed by atoms with Gasteiger partial charge >= 0.3 is 0 Å². The SMILES string of the molecule is CCS(=O)(=O)c1ccc(-c2ccc(C(=O)N3CCCC3CN3CCC[C@@H]3C)c(F)c2)cc1. The van der Waals surface area contributed by atoms with Gasteiger partial charge in [0.1, 0.15) is 5.82 Å². The molecule has 2 aromatic carbocycles. The van der Waals surface area contributed by atoms with Crippen molar-refractivity contribution in [1.29, 1.82) is 0 Å². The molecule has 2 heterocycles. The molecule has 0 N–H and O–H groups in total. The van der Waals surface area contributed by atoms with Crippen LogP contribution in [0.15, 0.2) is 47.4 Å². The number of sulfone groups is 1. The molecule has 4 rings (SSSR count). The van der Waals surface area contributed by atoms with Gasteiger partial charge in [0, 0.05) is 25.2 Å². The Kier molecular flexibility index (Phi) is 6.67. The highest BCUT2D eigenvalue weighted by Crippen LogP contribution is 2.28. The Labute approximate surface area is 190 Å². The van der Waals surface area contributed by atoms with E-state index in [9.17, 15) is 13.2 Å². The fourth-order valence-corrected chi connectivity index (χ4v) is 5.76. The van der Waals surface area contributed by atoms with Crippen LogP contribution >= 0.6 is 0 Å². The minimum atomic E-state index is -3.28. The van der Waals surface area contributed by atoms with Gasteiger partial charge in [0.2, 0.25) is 0 Å². The van der Waals surface area contributed by atoms with Crippen molar-refractivity contribution in [2.45, 2.75) is 56.5 Å². The van der Waals surface area contributed by atoms with Crippen LogP contribution in [0.4, 0.5) is 4.39 Å². The molecule has 5 nitrogen and oxygen atoms in total. The van der Waals surface area contributed by atoms with E-state index in [-0.39, 0.29) is 28.2 Å². The maximum Gasteiger partial charge on any atom is 0.257 e. The fraction of sp³-hybridized carbons (Fsp3) is 0.480. The van der Waals surface area contributed by atoms with Crippen LogP contribution in [0, 0.1) is 5.82 Å². The van der Waals surface area contributed by atoms with Crippen LogP contribution in [0.5, 0.6) is 0 Å². The second-order valence-corrected chi connectivity index (χ2v) is 11.2. The van der Waals surface area contributed by atoms with Crippen molar-refractivity contribution < 1.29 is 17.6 Å². The Hall–Kier alpha value is -2.25. The molecule has 0 saturated carbocycles. The molecule has 2 aromatic rings. The number of amides is 1. The van der Waals surface area contributed by atoms with E-state index in [1.54, 1.807) is 43.3 Å². The van der Waals surface area contributed by atoms with Crippen molar-refractivity contribution in [3.63, 3.8) is 0 Å². The molecule has 2 aliphatic heterocycles. The Balaban J connectivity index is 1.51. The summed E-state index contributed by atoms with van der Waals surface area (Å²) in [5.41, 5.74) is 1.42. The first-order chi connectivity index (χ1) is 15.3. The lowest BCUT2D eigenvalue weighted by Crippen LogP contribution is -2.44. The predicted molar refractivity (Wildman–Crippen MR) is 124 cm³/mol. The van der Waals surface area contributed by atoms with E-state index in [1.165, 1.54) is 18.9 Å². The summed E-state index contributed by atoms with van der Waals surface area (Å²) < 4.78 is 39.0. The van der Waals surface area contributed by atoms with Gasteiger partial charge in [-0.15, -0.1) is 0 Å². The summed E-state index contributed by atoms with van der Waals surface area (Å²) in [5.74, 6) is -0.753. The molecule has 0 radical (unpaired) electrons. The van der Waals surface area contributed by atoms with E-state index in [0.29, 0.717) is 23.7 Å². The minimum absolute atomic E-state index is 0.0337. The summed E-state index contributed by atoms with van der Waals surface area (Å²) in [6.45, 7) is 6.43. The molecule has 2 atom stereocenters. The van der Waals surface area contributed by atoms with Gasteiger partial charge in [-0.05, 0) is 74.5 Å². The molecule has 172 valence electrons. The lowest BCUT2D eigenvalue weighted by Gasteiger charge is -2.31. The van der Waals surface area contributed by atoms with Gasteiger partial charge in [0.25, 0.3) is 5.91 Å². The Morgan fingerprint density at radius 3 is 2.34 bits per heavy atom. The van der Waals surface area contributed by atoms with Crippen molar-refractivity contribution in [3.05, 3.63) is 53.8 Å². The summed E-state index contributed by atoms with van der Waals surface area (Å²) in [5, 5.41) is 0. The van der Waals surface area contributed by atoms with E-state index in [2.05, 4.69) is 11.8 Å². The number of rotatable bonds is 6. The zero-order chi connectivity index (χ0) is 22.9. The largest absolute Gasteiger partial charge is 0.334 e. The smallest absolute Gasteiger partial charge is 0.257 e. The van der Waals surface area contributed by atoms with Crippen molar-refractivity contribution in [2.24, 2.45) is 0 Å². The van der Waals surface area contributed by atoms with Crippen LogP contribution in [0.2, 0.25) is 0 Å². The van der Waals surface area contributed by atoms with Crippen LogP contribution < -0.4 is 0 Å². The van der Waals surface area contributed by atoms with Gasteiger partial charge in [-0.3, -0.25) is 9.69 Å². The molecule has 2 saturated heterocycles. The second-order valence-electron chi connectivity index (χ2n) is 8.90. The molecule has 7 heteroatoms. The third kappa shape index (κ3) is 4.59. The second kappa shape index (κ2) is 9.32. The Bertz CT molecular complexity index is 1080. The summed E-state index contributed by atoms with van der Waals surface area (Å²) in [6.07, 6.45) is 4.30. The van der Waals surface area contributed by atoms with E-state index in [1.807, 2.05) is 4.90 Å². The lowest BCUT2D eigenvalue weighted by atomic mass is 10.0. The van der Waals surface area contributed by atoms with Crippen molar-refractivity contribution in [3.8, 4) is 11.1 Å². The number of hydrogen-bond acceptors (Lipinski definition) is 4. The van der Waals surface area contributed by atoms with Gasteiger partial charge in [-0.1, -0.05) is 25.1 Å². The van der Waals surface area contributed by atoms with E-state index < -0.39 is 15.7 Å². The van der Waals surface area contributed by atoms with Crippen LogP contribution in [0.1, 0.15) is 49.9 Å². The van der Waals surface area contributed by atoms with Crippen LogP contribution in [-0.4, -0.2) is 61.6 Å². The minimum Gasteiger partial charge on any atom is -0.334 e. The summed E-state index contributed by atoms with van der Waals surface area (Å²) in [7, 11) is -3.28. The fourth-order valence-electron chi connectivity index (χ4n) is 4.87. The van der Waals surface area contributed by atoms with Crippen LogP contribution in [0.25, 0.3) is 11.1 Å². The molecule has 1 amide bonds. The maximum absolute atomic E-state index is 15.0. The van der Waals surface area contributed by atoms with Crippen molar-refractivity contribution in [2.75, 3.05) is 25.4 Å². The molecule has 0 bridgehead atoms. The Morgan fingerprint density at radius 1 is 1.03 bits per heavy atom. The number of hydrogen-bond donors (Lipinski definition) is 0. The molecular weight excluding hydrogens is 427 g/mol. The standard InChI is InChI=1S/C25H31FN2O3S/c1-3-32(30,31)22-11-8-19(9-12-22)20-10-13-23(24(26)16-20)25(29)28-15-5-7-21(28)17-27-14-4-6-18(27)2/h8-13,16,18,21H,3-7,14-15,17H2,1-2H3/t18-,21?/m0/s1. The maximum atomic E-state index is 15.0. The molecule has 32 heavy (non-hydrogen) atoms. The van der Waals surface area contributed by atoms with Crippen LogP contribution in [0.3, 0.4) is 0 Å². The molecule has 0 aliphatic carbocycles. The summed E-state index contributed by atoms with van der Waals surface area (Å²) in [4.78, 5) is 17.7.